The van der Waals surface area contributed by atoms with Crippen molar-refractivity contribution in [3.05, 3.63) is 54.1 Å². The molecule has 0 bridgehead atoms. The van der Waals surface area contributed by atoms with Gasteiger partial charge in [0.05, 0.1) is 7.11 Å². The molecule has 2 heterocycles. The van der Waals surface area contributed by atoms with E-state index in [0.29, 0.717) is 0 Å². The second-order valence-electron chi connectivity index (χ2n) is 7.70. The van der Waals surface area contributed by atoms with E-state index < -0.39 is 0 Å². The van der Waals surface area contributed by atoms with E-state index in [1.807, 2.05) is 41.3 Å². The van der Waals surface area contributed by atoms with Crippen LogP contribution in [0, 0.1) is 0 Å². The predicted octanol–water partition coefficient (Wildman–Crippen LogP) is 4.01. The molecule has 148 valence electrons. The molecule has 1 amide bonds. The van der Waals surface area contributed by atoms with Crippen molar-refractivity contribution in [1.82, 2.24) is 4.90 Å². The molecule has 1 N–H and O–H groups in total. The van der Waals surface area contributed by atoms with Crippen molar-refractivity contribution >= 4 is 17.3 Å². The second kappa shape index (κ2) is 8.55. The molecule has 28 heavy (non-hydrogen) atoms. The van der Waals surface area contributed by atoms with Gasteiger partial charge in [-0.1, -0.05) is 0 Å². The quantitative estimate of drug-likeness (QED) is 0.852. The first-order valence-corrected chi connectivity index (χ1v) is 10.3. The third-order valence-electron chi connectivity index (χ3n) is 5.75. The van der Waals surface area contributed by atoms with Crippen LogP contribution in [-0.2, 0) is 0 Å². The van der Waals surface area contributed by atoms with Gasteiger partial charge in [0.1, 0.15) is 5.75 Å². The lowest BCUT2D eigenvalue weighted by molar-refractivity contribution is 0.0715. The molecule has 2 fully saturated rings. The highest BCUT2D eigenvalue weighted by Crippen LogP contribution is 2.23. The lowest BCUT2D eigenvalue weighted by Crippen LogP contribution is -2.45. The minimum atomic E-state index is 0.134. The van der Waals surface area contributed by atoms with Crippen molar-refractivity contribution < 1.29 is 9.53 Å². The van der Waals surface area contributed by atoms with Crippen LogP contribution in [-0.4, -0.2) is 50.1 Å². The third kappa shape index (κ3) is 4.24. The number of rotatable bonds is 5. The summed E-state index contributed by atoms with van der Waals surface area (Å²) in [5.74, 6) is 0.984. The average Bonchev–Trinajstić information content (AvgIpc) is 3.29. The van der Waals surface area contributed by atoms with Gasteiger partial charge in [-0.15, -0.1) is 0 Å². The van der Waals surface area contributed by atoms with Gasteiger partial charge < -0.3 is 19.9 Å². The van der Waals surface area contributed by atoms with E-state index in [9.17, 15) is 4.79 Å². The number of nitrogens with zero attached hydrogens (tertiary/aromatic N) is 2. The Morgan fingerprint density at radius 2 is 1.68 bits per heavy atom. The SMILES string of the molecule is COc1ccc(N[C@H]2CCCN(C(=O)c3ccc(N4CCCC4)cc3)C2)cc1. The van der Waals surface area contributed by atoms with Crippen LogP contribution in [0.5, 0.6) is 5.75 Å². The largest absolute Gasteiger partial charge is 0.497 e. The summed E-state index contributed by atoms with van der Waals surface area (Å²) in [5, 5.41) is 3.56. The van der Waals surface area contributed by atoms with Gasteiger partial charge in [-0.05, 0) is 74.2 Å². The minimum absolute atomic E-state index is 0.134. The fourth-order valence-corrected chi connectivity index (χ4v) is 4.18. The molecule has 0 aromatic heterocycles. The number of hydrogen-bond acceptors (Lipinski definition) is 4. The van der Waals surface area contributed by atoms with Crippen LogP contribution in [0.4, 0.5) is 11.4 Å². The smallest absolute Gasteiger partial charge is 0.253 e. The van der Waals surface area contributed by atoms with Crippen LogP contribution >= 0.6 is 0 Å². The first-order valence-electron chi connectivity index (χ1n) is 10.3. The van der Waals surface area contributed by atoms with Gasteiger partial charge in [0, 0.05) is 49.2 Å². The summed E-state index contributed by atoms with van der Waals surface area (Å²) in [5.41, 5.74) is 3.08. The molecule has 5 heteroatoms. The van der Waals surface area contributed by atoms with Crippen molar-refractivity contribution in [3.8, 4) is 5.75 Å². The van der Waals surface area contributed by atoms with Crippen molar-refractivity contribution in [2.75, 3.05) is 43.5 Å². The van der Waals surface area contributed by atoms with Crippen LogP contribution in [0.3, 0.4) is 0 Å². The molecule has 0 aliphatic carbocycles. The highest BCUT2D eigenvalue weighted by Gasteiger charge is 2.24. The Hall–Kier alpha value is -2.69. The monoisotopic (exact) mass is 379 g/mol. The summed E-state index contributed by atoms with van der Waals surface area (Å²) in [6, 6.07) is 16.4. The maximum atomic E-state index is 13.0. The van der Waals surface area contributed by atoms with Gasteiger partial charge in [0.25, 0.3) is 5.91 Å². The minimum Gasteiger partial charge on any atom is -0.497 e. The van der Waals surface area contributed by atoms with Gasteiger partial charge in [-0.25, -0.2) is 0 Å². The summed E-state index contributed by atoms with van der Waals surface area (Å²) in [4.78, 5) is 17.4. The fourth-order valence-electron chi connectivity index (χ4n) is 4.18. The van der Waals surface area contributed by atoms with Gasteiger partial charge in [0.15, 0.2) is 0 Å². The molecule has 2 saturated heterocycles. The molecule has 2 aliphatic rings. The first kappa shape index (κ1) is 18.7. The Morgan fingerprint density at radius 3 is 2.36 bits per heavy atom. The Balaban J connectivity index is 1.37. The Labute approximate surface area is 167 Å². The van der Waals surface area contributed by atoms with E-state index in [1.165, 1.54) is 18.5 Å². The maximum Gasteiger partial charge on any atom is 0.253 e. The Bertz CT molecular complexity index is 782. The van der Waals surface area contributed by atoms with E-state index >= 15 is 0 Å². The highest BCUT2D eigenvalue weighted by atomic mass is 16.5. The molecular weight excluding hydrogens is 350 g/mol. The summed E-state index contributed by atoms with van der Waals surface area (Å²) in [6.45, 7) is 3.81. The van der Waals surface area contributed by atoms with Crippen LogP contribution in [0.1, 0.15) is 36.0 Å². The molecule has 0 unspecified atom stereocenters. The van der Waals surface area contributed by atoms with Crippen LogP contribution in [0.15, 0.2) is 48.5 Å². The van der Waals surface area contributed by atoms with Crippen LogP contribution < -0.4 is 15.0 Å². The van der Waals surface area contributed by atoms with E-state index in [0.717, 1.165) is 56.0 Å². The number of nitrogens with one attached hydrogen (secondary N) is 1. The number of likely N-dealkylation sites (tertiary alicyclic amines) is 1. The van der Waals surface area contributed by atoms with E-state index in [-0.39, 0.29) is 11.9 Å². The van der Waals surface area contributed by atoms with Crippen molar-refractivity contribution in [1.29, 1.82) is 0 Å². The molecule has 2 aromatic carbocycles. The first-order chi connectivity index (χ1) is 13.7. The molecule has 0 spiro atoms. The van der Waals surface area contributed by atoms with Gasteiger partial charge in [0.2, 0.25) is 0 Å². The number of carbonyl (C=O) groups is 1. The zero-order valence-corrected chi connectivity index (χ0v) is 16.6. The molecule has 0 saturated carbocycles. The van der Waals surface area contributed by atoms with Gasteiger partial charge in [-0.3, -0.25) is 4.79 Å². The van der Waals surface area contributed by atoms with E-state index in [1.54, 1.807) is 7.11 Å². The number of benzene rings is 2. The number of anilines is 2. The molecule has 1 atom stereocenters. The van der Waals surface area contributed by atoms with Crippen LogP contribution in [0.2, 0.25) is 0 Å². The number of carbonyl (C=O) groups excluding carboxylic acids is 1. The molecule has 2 aliphatic heterocycles. The highest BCUT2D eigenvalue weighted by molar-refractivity contribution is 5.94. The van der Waals surface area contributed by atoms with Crippen molar-refractivity contribution in [2.24, 2.45) is 0 Å². The maximum absolute atomic E-state index is 13.0. The zero-order valence-electron chi connectivity index (χ0n) is 16.6. The number of piperidine rings is 1. The van der Waals surface area contributed by atoms with Crippen molar-refractivity contribution in [2.45, 2.75) is 31.7 Å². The Kier molecular flexibility index (Phi) is 5.70. The predicted molar refractivity (Wildman–Crippen MR) is 113 cm³/mol. The average molecular weight is 380 g/mol. The van der Waals surface area contributed by atoms with Crippen molar-refractivity contribution in [3.63, 3.8) is 0 Å². The number of amides is 1. The fraction of sp³-hybridized carbons (Fsp3) is 0.435. The summed E-state index contributed by atoms with van der Waals surface area (Å²) < 4.78 is 5.21. The molecule has 0 radical (unpaired) electrons. The number of hydrogen-bond donors (Lipinski definition) is 1. The van der Waals surface area contributed by atoms with Crippen LogP contribution in [0.25, 0.3) is 0 Å². The van der Waals surface area contributed by atoms with Gasteiger partial charge in [-0.2, -0.15) is 0 Å². The van der Waals surface area contributed by atoms with Gasteiger partial charge >= 0.3 is 0 Å². The van der Waals surface area contributed by atoms with E-state index in [2.05, 4.69) is 22.3 Å². The third-order valence-corrected chi connectivity index (χ3v) is 5.75. The second-order valence-corrected chi connectivity index (χ2v) is 7.70. The lowest BCUT2D eigenvalue weighted by Gasteiger charge is -2.34. The summed E-state index contributed by atoms with van der Waals surface area (Å²) in [6.07, 6.45) is 4.61. The molecular formula is C23H29N3O2. The Morgan fingerprint density at radius 1 is 0.964 bits per heavy atom. The number of methoxy groups -OCH3 is 1. The number of ether oxygens (including phenoxy) is 1. The molecule has 4 rings (SSSR count). The topological polar surface area (TPSA) is 44.8 Å². The standard InChI is InChI=1S/C23H29N3O2/c1-28-22-12-8-19(9-13-22)24-20-5-4-16-26(17-20)23(27)18-6-10-21(11-7-18)25-14-2-3-15-25/h6-13,20,24H,2-5,14-17H2,1H3/t20-/m0/s1. The summed E-state index contributed by atoms with van der Waals surface area (Å²) >= 11 is 0. The zero-order chi connectivity index (χ0) is 19.3. The summed E-state index contributed by atoms with van der Waals surface area (Å²) in [7, 11) is 1.67. The lowest BCUT2D eigenvalue weighted by atomic mass is 10.0. The molecule has 5 nitrogen and oxygen atoms in total. The normalized spacial score (nSPS) is 19.5. The molecule has 2 aromatic rings. The van der Waals surface area contributed by atoms with E-state index in [4.69, 9.17) is 4.74 Å².